The van der Waals surface area contributed by atoms with E-state index in [0.717, 1.165) is 52.2 Å². The molecule has 2 saturated heterocycles. The van der Waals surface area contributed by atoms with Crippen molar-refractivity contribution in [1.29, 1.82) is 0 Å². The highest BCUT2D eigenvalue weighted by Crippen LogP contribution is 2.17. The Labute approximate surface area is 150 Å². The first-order valence-corrected chi connectivity index (χ1v) is 10.4. The summed E-state index contributed by atoms with van der Waals surface area (Å²) in [6.07, 6.45) is 6.21. The number of carbonyl (C=O) groups excluding carboxylic acids is 1. The fourth-order valence-corrected chi connectivity index (χ4v) is 4.62. The minimum atomic E-state index is 0.0481. The number of hydrogen-bond donors (Lipinski definition) is 0. The molecule has 134 valence electrons. The summed E-state index contributed by atoms with van der Waals surface area (Å²) in [6, 6.07) is 4.38. The van der Waals surface area contributed by atoms with Crippen molar-refractivity contribution in [3.05, 3.63) is 22.4 Å². The molecule has 0 spiro atoms. The smallest absolute Gasteiger partial charge is 0.239 e. The van der Waals surface area contributed by atoms with E-state index in [4.69, 9.17) is 0 Å². The van der Waals surface area contributed by atoms with Gasteiger partial charge in [-0.2, -0.15) is 0 Å². The van der Waals surface area contributed by atoms with Crippen LogP contribution in [0.1, 0.15) is 43.9 Å². The first-order valence-electron chi connectivity index (χ1n) is 9.51. The third-order valence-corrected chi connectivity index (χ3v) is 6.27. The summed E-state index contributed by atoms with van der Waals surface area (Å²) in [4.78, 5) is 21.4. The molecule has 2 aliphatic rings. The maximum atomic E-state index is 13.0. The van der Waals surface area contributed by atoms with E-state index in [1.807, 2.05) is 11.3 Å². The zero-order valence-electron chi connectivity index (χ0n) is 15.0. The van der Waals surface area contributed by atoms with Crippen LogP contribution in [-0.4, -0.2) is 65.9 Å². The van der Waals surface area contributed by atoms with Gasteiger partial charge in [0.2, 0.25) is 5.91 Å². The van der Waals surface area contributed by atoms with Gasteiger partial charge in [0.25, 0.3) is 0 Å². The number of amides is 1. The maximum absolute atomic E-state index is 13.0. The quantitative estimate of drug-likeness (QED) is 0.836. The van der Waals surface area contributed by atoms with Crippen molar-refractivity contribution in [1.82, 2.24) is 14.7 Å². The number of likely N-dealkylation sites (tertiary alicyclic amines) is 1. The Balaban J connectivity index is 1.51. The van der Waals surface area contributed by atoms with Crippen molar-refractivity contribution in [2.75, 3.05) is 39.3 Å². The molecule has 1 amide bonds. The number of rotatable bonds is 4. The summed E-state index contributed by atoms with van der Waals surface area (Å²) in [5, 5.41) is 2.14. The molecule has 2 fully saturated rings. The second-order valence-corrected chi connectivity index (χ2v) is 8.19. The predicted molar refractivity (Wildman–Crippen MR) is 100 cm³/mol. The van der Waals surface area contributed by atoms with E-state index < -0.39 is 0 Å². The maximum Gasteiger partial charge on any atom is 0.239 e. The Kier molecular flexibility index (Phi) is 6.69. The molecule has 0 aliphatic carbocycles. The molecule has 0 bridgehead atoms. The van der Waals surface area contributed by atoms with Crippen LogP contribution in [0.25, 0.3) is 0 Å². The standard InChI is InChI=1S/C19H31N3OS/c1-17(21-10-4-2-3-5-11-21)19(23)22-12-7-9-20(13-14-22)16-18-8-6-15-24-18/h6,8,15,17H,2-5,7,9-14,16H2,1H3/t17-/m0/s1. The summed E-state index contributed by atoms with van der Waals surface area (Å²) in [5.41, 5.74) is 0. The normalized spacial score (nSPS) is 22.8. The minimum absolute atomic E-state index is 0.0481. The van der Waals surface area contributed by atoms with Gasteiger partial charge in [-0.25, -0.2) is 0 Å². The largest absolute Gasteiger partial charge is 0.340 e. The van der Waals surface area contributed by atoms with Crippen LogP contribution in [0.4, 0.5) is 0 Å². The van der Waals surface area contributed by atoms with Gasteiger partial charge in [-0.3, -0.25) is 14.6 Å². The average Bonchev–Trinajstić information content (AvgIpc) is 2.84. The molecule has 1 atom stereocenters. The van der Waals surface area contributed by atoms with Crippen molar-refractivity contribution < 1.29 is 4.79 Å². The van der Waals surface area contributed by atoms with Crippen molar-refractivity contribution in [3.8, 4) is 0 Å². The van der Waals surface area contributed by atoms with Gasteiger partial charge in [-0.15, -0.1) is 11.3 Å². The highest BCUT2D eigenvalue weighted by molar-refractivity contribution is 7.09. The zero-order chi connectivity index (χ0) is 16.8. The first-order chi connectivity index (χ1) is 11.7. The molecule has 2 aliphatic heterocycles. The number of hydrogen-bond acceptors (Lipinski definition) is 4. The Morgan fingerprint density at radius 2 is 1.83 bits per heavy atom. The summed E-state index contributed by atoms with van der Waals surface area (Å²) in [7, 11) is 0. The minimum Gasteiger partial charge on any atom is -0.340 e. The number of carbonyl (C=O) groups is 1. The summed E-state index contributed by atoms with van der Waals surface area (Å²) in [5.74, 6) is 0.342. The third-order valence-electron chi connectivity index (χ3n) is 5.41. The molecule has 1 aromatic rings. The Bertz CT molecular complexity index is 497. The third kappa shape index (κ3) is 4.80. The topological polar surface area (TPSA) is 26.8 Å². The van der Waals surface area contributed by atoms with E-state index in [2.05, 4.69) is 39.1 Å². The van der Waals surface area contributed by atoms with E-state index >= 15 is 0 Å². The SMILES string of the molecule is C[C@@H](C(=O)N1CCCN(Cc2cccs2)CC1)N1CCCCCC1. The number of nitrogens with zero attached hydrogens (tertiary/aromatic N) is 3. The Hall–Kier alpha value is -0.910. The lowest BCUT2D eigenvalue weighted by atomic mass is 10.2. The predicted octanol–water partition coefficient (Wildman–Crippen LogP) is 3.05. The molecule has 3 heterocycles. The lowest BCUT2D eigenvalue weighted by Gasteiger charge is -2.31. The highest BCUT2D eigenvalue weighted by Gasteiger charge is 2.27. The van der Waals surface area contributed by atoms with Crippen LogP contribution in [0.15, 0.2) is 17.5 Å². The molecule has 0 N–H and O–H groups in total. The van der Waals surface area contributed by atoms with E-state index in [9.17, 15) is 4.79 Å². The molecular formula is C19H31N3OS. The van der Waals surface area contributed by atoms with Crippen LogP contribution < -0.4 is 0 Å². The van der Waals surface area contributed by atoms with Crippen LogP contribution in [-0.2, 0) is 11.3 Å². The molecule has 0 radical (unpaired) electrons. The molecule has 4 nitrogen and oxygen atoms in total. The van der Waals surface area contributed by atoms with Crippen LogP contribution in [0.3, 0.4) is 0 Å². The molecule has 1 aromatic heterocycles. The molecular weight excluding hydrogens is 318 g/mol. The molecule has 3 rings (SSSR count). The van der Waals surface area contributed by atoms with Gasteiger partial charge in [0.05, 0.1) is 6.04 Å². The van der Waals surface area contributed by atoms with Gasteiger partial charge in [0.15, 0.2) is 0 Å². The second kappa shape index (κ2) is 8.97. The van der Waals surface area contributed by atoms with Gasteiger partial charge in [0, 0.05) is 37.6 Å². The summed E-state index contributed by atoms with van der Waals surface area (Å²) in [6.45, 7) is 9.20. The van der Waals surface area contributed by atoms with Crippen LogP contribution >= 0.6 is 11.3 Å². The van der Waals surface area contributed by atoms with Gasteiger partial charge in [-0.05, 0) is 50.7 Å². The fourth-order valence-electron chi connectivity index (χ4n) is 3.88. The molecule has 0 aromatic carbocycles. The molecule has 5 heteroatoms. The Morgan fingerprint density at radius 3 is 2.54 bits per heavy atom. The van der Waals surface area contributed by atoms with Gasteiger partial charge in [-0.1, -0.05) is 18.9 Å². The fraction of sp³-hybridized carbons (Fsp3) is 0.737. The summed E-state index contributed by atoms with van der Waals surface area (Å²) >= 11 is 1.83. The molecule has 0 saturated carbocycles. The van der Waals surface area contributed by atoms with E-state index in [-0.39, 0.29) is 6.04 Å². The number of thiophene rings is 1. The van der Waals surface area contributed by atoms with Gasteiger partial charge < -0.3 is 4.90 Å². The van der Waals surface area contributed by atoms with Crippen LogP contribution in [0.5, 0.6) is 0 Å². The Morgan fingerprint density at radius 1 is 1.04 bits per heavy atom. The average molecular weight is 350 g/mol. The van der Waals surface area contributed by atoms with Crippen molar-refractivity contribution >= 4 is 17.2 Å². The van der Waals surface area contributed by atoms with Crippen LogP contribution in [0, 0.1) is 0 Å². The van der Waals surface area contributed by atoms with Crippen molar-refractivity contribution in [3.63, 3.8) is 0 Å². The van der Waals surface area contributed by atoms with E-state index in [1.165, 1.54) is 30.6 Å². The van der Waals surface area contributed by atoms with Gasteiger partial charge in [0.1, 0.15) is 0 Å². The van der Waals surface area contributed by atoms with Crippen molar-refractivity contribution in [2.24, 2.45) is 0 Å². The first kappa shape index (κ1) is 17.9. The van der Waals surface area contributed by atoms with Crippen LogP contribution in [0.2, 0.25) is 0 Å². The molecule has 0 unspecified atom stereocenters. The molecule has 24 heavy (non-hydrogen) atoms. The highest BCUT2D eigenvalue weighted by atomic mass is 32.1. The van der Waals surface area contributed by atoms with Crippen molar-refractivity contribution in [2.45, 2.75) is 51.6 Å². The van der Waals surface area contributed by atoms with E-state index in [1.54, 1.807) is 0 Å². The monoisotopic (exact) mass is 349 g/mol. The zero-order valence-corrected chi connectivity index (χ0v) is 15.8. The van der Waals surface area contributed by atoms with Gasteiger partial charge >= 0.3 is 0 Å². The lowest BCUT2D eigenvalue weighted by molar-refractivity contribution is -0.136. The lowest BCUT2D eigenvalue weighted by Crippen LogP contribution is -2.48. The van der Waals surface area contributed by atoms with E-state index in [0.29, 0.717) is 5.91 Å². The second-order valence-electron chi connectivity index (χ2n) is 7.16. The summed E-state index contributed by atoms with van der Waals surface area (Å²) < 4.78 is 0.